The van der Waals surface area contributed by atoms with E-state index in [-0.39, 0.29) is 11.2 Å². The van der Waals surface area contributed by atoms with Crippen LogP contribution in [0.15, 0.2) is 35.5 Å². The van der Waals surface area contributed by atoms with Crippen LogP contribution in [0.4, 0.5) is 0 Å². The fourth-order valence-electron chi connectivity index (χ4n) is 3.30. The first-order valence-corrected chi connectivity index (χ1v) is 9.41. The van der Waals surface area contributed by atoms with Crippen molar-refractivity contribution in [3.8, 4) is 11.4 Å². The molecule has 1 saturated heterocycles. The maximum Gasteiger partial charge on any atom is 0.236 e. The predicted molar refractivity (Wildman–Crippen MR) is 96.8 cm³/mol. The molecule has 1 N–H and O–H groups in total. The van der Waals surface area contributed by atoms with Crippen molar-refractivity contribution in [3.63, 3.8) is 0 Å². The number of nitrogens with zero attached hydrogens (tertiary/aromatic N) is 3. The minimum atomic E-state index is -0.188. The fourth-order valence-corrected chi connectivity index (χ4v) is 4.08. The highest BCUT2D eigenvalue weighted by Gasteiger charge is 2.32. The van der Waals surface area contributed by atoms with Crippen molar-refractivity contribution in [3.05, 3.63) is 30.3 Å². The molecule has 0 aliphatic carbocycles. The molecule has 1 aliphatic rings. The van der Waals surface area contributed by atoms with Crippen LogP contribution in [0.2, 0.25) is 0 Å². The van der Waals surface area contributed by atoms with Crippen molar-refractivity contribution in [2.75, 3.05) is 0 Å². The average molecular weight is 344 g/mol. The molecule has 24 heavy (non-hydrogen) atoms. The summed E-state index contributed by atoms with van der Waals surface area (Å²) in [5, 5.41) is 7.64. The van der Waals surface area contributed by atoms with Crippen molar-refractivity contribution in [1.82, 2.24) is 20.1 Å². The van der Waals surface area contributed by atoms with Gasteiger partial charge in [0.2, 0.25) is 11.1 Å². The van der Waals surface area contributed by atoms with Gasteiger partial charge in [-0.05, 0) is 40.0 Å². The number of H-pyrrole nitrogens is 1. The number of nitrogens with one attached hydrogen (secondary N) is 1. The van der Waals surface area contributed by atoms with E-state index in [1.807, 2.05) is 42.2 Å². The number of aromatic amines is 1. The molecule has 1 fully saturated rings. The second kappa shape index (κ2) is 7.38. The third-order valence-electron chi connectivity index (χ3n) is 4.59. The number of amides is 1. The molecule has 0 radical (unpaired) electrons. The lowest BCUT2D eigenvalue weighted by molar-refractivity contribution is -0.136. The van der Waals surface area contributed by atoms with Gasteiger partial charge in [-0.25, -0.2) is 4.98 Å². The first-order valence-electron chi connectivity index (χ1n) is 8.53. The van der Waals surface area contributed by atoms with E-state index in [0.717, 1.165) is 24.2 Å². The van der Waals surface area contributed by atoms with E-state index in [0.29, 0.717) is 17.2 Å². The number of rotatable bonds is 4. The topological polar surface area (TPSA) is 61.9 Å². The van der Waals surface area contributed by atoms with E-state index in [1.54, 1.807) is 0 Å². The summed E-state index contributed by atoms with van der Waals surface area (Å²) in [6.07, 6.45) is 3.38. The molecule has 0 unspecified atom stereocenters. The van der Waals surface area contributed by atoms with E-state index in [4.69, 9.17) is 0 Å². The highest BCUT2D eigenvalue weighted by Crippen LogP contribution is 2.28. The van der Waals surface area contributed by atoms with E-state index in [2.05, 4.69) is 29.0 Å². The molecule has 1 aromatic heterocycles. The Bertz CT molecular complexity index is 677. The van der Waals surface area contributed by atoms with Gasteiger partial charge in [0.25, 0.3) is 0 Å². The second-order valence-corrected chi connectivity index (χ2v) is 7.78. The number of carbonyl (C=O) groups excluding carboxylic acids is 1. The summed E-state index contributed by atoms with van der Waals surface area (Å²) in [5.74, 6) is 0.920. The van der Waals surface area contributed by atoms with Crippen LogP contribution in [0.25, 0.3) is 11.4 Å². The number of likely N-dealkylation sites (tertiary alicyclic amines) is 1. The predicted octanol–water partition coefficient (Wildman–Crippen LogP) is 3.74. The zero-order valence-corrected chi connectivity index (χ0v) is 15.2. The van der Waals surface area contributed by atoms with Crippen LogP contribution < -0.4 is 0 Å². The van der Waals surface area contributed by atoms with Gasteiger partial charge >= 0.3 is 0 Å². The number of piperidine rings is 1. The minimum Gasteiger partial charge on any atom is -0.336 e. The van der Waals surface area contributed by atoms with Gasteiger partial charge in [-0.3, -0.25) is 9.89 Å². The Morgan fingerprint density at radius 1 is 1.25 bits per heavy atom. The van der Waals surface area contributed by atoms with Gasteiger partial charge in [-0.2, -0.15) is 0 Å². The standard InChI is InChI=1S/C18H24N4OS/c1-12-8-7-9-13(2)22(12)17(23)14(3)24-18-19-16(20-21-18)15-10-5-4-6-11-15/h4-6,10-14H,7-9H2,1-3H3,(H,19,20,21)/t12-,13-,14+/m1/s1. The first-order chi connectivity index (χ1) is 11.6. The van der Waals surface area contributed by atoms with Crippen molar-refractivity contribution < 1.29 is 4.79 Å². The normalized spacial score (nSPS) is 22.4. The van der Waals surface area contributed by atoms with Gasteiger partial charge in [0.15, 0.2) is 5.82 Å². The summed E-state index contributed by atoms with van der Waals surface area (Å²) in [5.41, 5.74) is 0.995. The van der Waals surface area contributed by atoms with Crippen LogP contribution >= 0.6 is 11.8 Å². The molecule has 0 saturated carbocycles. The SMILES string of the molecule is C[C@H](Sc1n[nH]c(-c2ccccc2)n1)C(=O)N1[C@H](C)CCC[C@H]1C. The molecular formula is C18H24N4OS. The van der Waals surface area contributed by atoms with Crippen molar-refractivity contribution in [2.45, 2.75) is 62.5 Å². The first kappa shape index (κ1) is 17.0. The molecule has 6 heteroatoms. The van der Waals surface area contributed by atoms with Crippen molar-refractivity contribution >= 4 is 17.7 Å². The third kappa shape index (κ3) is 3.64. The van der Waals surface area contributed by atoms with Crippen LogP contribution in [0.1, 0.15) is 40.0 Å². The highest BCUT2D eigenvalue weighted by atomic mass is 32.2. The summed E-state index contributed by atoms with van der Waals surface area (Å²) in [6, 6.07) is 10.5. The number of carbonyl (C=O) groups is 1. The quantitative estimate of drug-likeness (QED) is 0.858. The van der Waals surface area contributed by atoms with Crippen LogP contribution in [0, 0.1) is 0 Å². The smallest absolute Gasteiger partial charge is 0.236 e. The van der Waals surface area contributed by atoms with Crippen molar-refractivity contribution in [2.24, 2.45) is 0 Å². The summed E-state index contributed by atoms with van der Waals surface area (Å²) < 4.78 is 0. The van der Waals surface area contributed by atoms with E-state index >= 15 is 0 Å². The maximum absolute atomic E-state index is 12.8. The summed E-state index contributed by atoms with van der Waals surface area (Å²) in [6.45, 7) is 6.23. The Morgan fingerprint density at radius 3 is 2.58 bits per heavy atom. The van der Waals surface area contributed by atoms with Gasteiger partial charge in [0, 0.05) is 17.6 Å². The molecule has 2 heterocycles. The molecule has 1 aromatic carbocycles. The van der Waals surface area contributed by atoms with E-state index in [9.17, 15) is 4.79 Å². The molecule has 3 atom stereocenters. The Labute approximate surface area is 147 Å². The molecule has 5 nitrogen and oxygen atoms in total. The zero-order chi connectivity index (χ0) is 17.1. The number of hydrogen-bond acceptors (Lipinski definition) is 4. The number of hydrogen-bond donors (Lipinski definition) is 1. The minimum absolute atomic E-state index is 0.186. The lowest BCUT2D eigenvalue weighted by atomic mass is 9.97. The van der Waals surface area contributed by atoms with E-state index < -0.39 is 0 Å². The molecule has 128 valence electrons. The summed E-state index contributed by atoms with van der Waals surface area (Å²) in [4.78, 5) is 19.4. The zero-order valence-electron chi connectivity index (χ0n) is 14.4. The van der Waals surface area contributed by atoms with Gasteiger partial charge < -0.3 is 4.90 Å². The average Bonchev–Trinajstić information content (AvgIpc) is 3.04. The van der Waals surface area contributed by atoms with Crippen molar-refractivity contribution in [1.29, 1.82) is 0 Å². The number of benzene rings is 1. The Hall–Kier alpha value is -1.82. The molecule has 1 aliphatic heterocycles. The van der Waals surface area contributed by atoms with Gasteiger partial charge in [-0.15, -0.1) is 5.10 Å². The Balaban J connectivity index is 1.67. The van der Waals surface area contributed by atoms with E-state index in [1.165, 1.54) is 18.2 Å². The monoisotopic (exact) mass is 344 g/mol. The molecular weight excluding hydrogens is 320 g/mol. The lowest BCUT2D eigenvalue weighted by Gasteiger charge is -2.40. The van der Waals surface area contributed by atoms with Gasteiger partial charge in [0.05, 0.1) is 5.25 Å². The third-order valence-corrected chi connectivity index (χ3v) is 5.54. The van der Waals surface area contributed by atoms with Crippen LogP contribution in [-0.2, 0) is 4.79 Å². The lowest BCUT2D eigenvalue weighted by Crippen LogP contribution is -2.50. The second-order valence-electron chi connectivity index (χ2n) is 6.47. The molecule has 2 aromatic rings. The molecule has 0 spiro atoms. The summed E-state index contributed by atoms with van der Waals surface area (Å²) in [7, 11) is 0. The van der Waals surface area contributed by atoms with Gasteiger partial charge in [0.1, 0.15) is 0 Å². The Morgan fingerprint density at radius 2 is 1.92 bits per heavy atom. The van der Waals surface area contributed by atoms with Crippen LogP contribution in [0.3, 0.4) is 0 Å². The van der Waals surface area contributed by atoms with Crippen LogP contribution in [-0.4, -0.2) is 43.3 Å². The molecule has 1 amide bonds. The Kier molecular flexibility index (Phi) is 5.23. The number of aromatic nitrogens is 3. The maximum atomic E-state index is 12.8. The molecule has 0 bridgehead atoms. The van der Waals surface area contributed by atoms with Gasteiger partial charge in [-0.1, -0.05) is 42.1 Å². The largest absolute Gasteiger partial charge is 0.336 e. The fraction of sp³-hybridized carbons (Fsp3) is 0.500. The molecule has 3 rings (SSSR count). The highest BCUT2D eigenvalue weighted by molar-refractivity contribution is 8.00. The summed E-state index contributed by atoms with van der Waals surface area (Å²) >= 11 is 1.42. The van der Waals surface area contributed by atoms with Crippen LogP contribution in [0.5, 0.6) is 0 Å². The number of thioether (sulfide) groups is 1.